The van der Waals surface area contributed by atoms with E-state index in [1.807, 2.05) is 30.3 Å². The molecule has 4 aromatic rings. The smallest absolute Gasteiger partial charge is 0.479 e. The number of aliphatic carboxylic acids is 1. The fraction of sp³-hybridized carbons (Fsp3) is 0.0909. The molecule has 1 atom stereocenters. The summed E-state index contributed by atoms with van der Waals surface area (Å²) in [5.74, 6) is -3.90. The molecule has 4 rings (SSSR count). The molecule has 0 spiro atoms. The van der Waals surface area contributed by atoms with Crippen LogP contribution in [-0.2, 0) is 4.79 Å². The zero-order valence-corrected chi connectivity index (χ0v) is 22.7. The molecule has 0 saturated carbocycles. The Labute approximate surface area is 249 Å². The molecule has 0 radical (unpaired) electrons. The maximum absolute atomic E-state index is 13.7. The number of carboxylic acids is 1. The molecule has 0 heterocycles. The van der Waals surface area contributed by atoms with Crippen molar-refractivity contribution in [3.63, 3.8) is 0 Å². The number of rotatable bonds is 11. The number of Topliss-reactive ketones (excluding diaryl/α,β-unsaturated/α-hetero) is 1. The van der Waals surface area contributed by atoms with E-state index in [4.69, 9.17) is 5.11 Å². The van der Waals surface area contributed by atoms with Gasteiger partial charge in [0.1, 0.15) is 5.75 Å². The molecule has 44 heavy (non-hydrogen) atoms. The van der Waals surface area contributed by atoms with E-state index >= 15 is 0 Å². The molecule has 0 aromatic heterocycles. The van der Waals surface area contributed by atoms with E-state index in [2.05, 4.69) is 10.1 Å². The number of ketones is 2. The van der Waals surface area contributed by atoms with Gasteiger partial charge in [0, 0.05) is 22.3 Å². The van der Waals surface area contributed by atoms with E-state index in [0.717, 1.165) is 41.5 Å². The number of ether oxygens (including phenoxy) is 1. The van der Waals surface area contributed by atoms with Crippen LogP contribution in [0.15, 0.2) is 109 Å². The van der Waals surface area contributed by atoms with Crippen molar-refractivity contribution in [1.82, 2.24) is 5.32 Å². The second kappa shape index (κ2) is 13.6. The van der Waals surface area contributed by atoms with Crippen LogP contribution in [-0.4, -0.2) is 52.7 Å². The van der Waals surface area contributed by atoms with Crippen LogP contribution in [0.2, 0.25) is 0 Å². The molecule has 11 heteroatoms. The molecule has 1 amide bonds. The number of carbonyl (C=O) groups is 4. The predicted octanol–water partition coefficient (Wildman–Crippen LogP) is 5.58. The lowest BCUT2D eigenvalue weighted by Gasteiger charge is -2.11. The summed E-state index contributed by atoms with van der Waals surface area (Å²) in [7, 11) is 0. The minimum Gasteiger partial charge on any atom is -0.479 e. The Bertz CT molecular complexity index is 1680. The van der Waals surface area contributed by atoms with Gasteiger partial charge in [-0.3, -0.25) is 14.4 Å². The van der Waals surface area contributed by atoms with Crippen molar-refractivity contribution < 1.29 is 47.3 Å². The number of aliphatic hydroxyl groups excluding tert-OH is 1. The molecule has 224 valence electrons. The molecular formula is C33H24F3NO7. The van der Waals surface area contributed by atoms with Gasteiger partial charge in [0.05, 0.1) is 6.54 Å². The average molecular weight is 604 g/mol. The molecule has 0 saturated heterocycles. The highest BCUT2D eigenvalue weighted by atomic mass is 19.4. The van der Waals surface area contributed by atoms with Gasteiger partial charge in [-0.1, -0.05) is 66.7 Å². The molecule has 0 aliphatic rings. The summed E-state index contributed by atoms with van der Waals surface area (Å²) in [5.41, 5.74) is 2.40. The Balaban J connectivity index is 1.63. The normalized spacial score (nSPS) is 12.2. The van der Waals surface area contributed by atoms with Crippen LogP contribution in [0.1, 0.15) is 36.6 Å². The second-order valence-corrected chi connectivity index (χ2v) is 9.41. The van der Waals surface area contributed by atoms with Gasteiger partial charge in [-0.25, -0.2) is 4.79 Å². The number of halogens is 3. The fourth-order valence-electron chi connectivity index (χ4n) is 4.10. The number of benzene rings is 4. The summed E-state index contributed by atoms with van der Waals surface area (Å²) in [6.07, 6.45) is -5.59. The number of carbonyl (C=O) groups excluding carboxylic acids is 3. The average Bonchev–Trinajstić information content (AvgIpc) is 3.02. The van der Waals surface area contributed by atoms with Crippen molar-refractivity contribution in [3.05, 3.63) is 131 Å². The largest absolute Gasteiger partial charge is 0.573 e. The summed E-state index contributed by atoms with van der Waals surface area (Å²) in [6, 6.07) is 26.0. The Kier molecular flexibility index (Phi) is 9.71. The molecule has 0 fully saturated rings. The minimum atomic E-state index is -4.90. The van der Waals surface area contributed by atoms with Crippen molar-refractivity contribution in [3.8, 4) is 16.9 Å². The zero-order valence-electron chi connectivity index (χ0n) is 22.7. The summed E-state index contributed by atoms with van der Waals surface area (Å²) in [5, 5.41) is 20.4. The van der Waals surface area contributed by atoms with Crippen molar-refractivity contribution >= 4 is 29.0 Å². The van der Waals surface area contributed by atoms with Crippen LogP contribution in [0.3, 0.4) is 0 Å². The Morgan fingerprint density at radius 1 is 0.727 bits per heavy atom. The summed E-state index contributed by atoms with van der Waals surface area (Å²) < 4.78 is 41.4. The van der Waals surface area contributed by atoms with Crippen molar-refractivity contribution in [1.29, 1.82) is 0 Å². The maximum atomic E-state index is 13.7. The van der Waals surface area contributed by atoms with Crippen LogP contribution in [0.4, 0.5) is 13.2 Å². The van der Waals surface area contributed by atoms with Gasteiger partial charge in [0.25, 0.3) is 5.91 Å². The summed E-state index contributed by atoms with van der Waals surface area (Å²) >= 11 is 0. The first-order valence-electron chi connectivity index (χ1n) is 13.0. The first-order chi connectivity index (χ1) is 20.9. The van der Waals surface area contributed by atoms with Gasteiger partial charge >= 0.3 is 12.3 Å². The van der Waals surface area contributed by atoms with E-state index in [-0.39, 0.29) is 22.3 Å². The molecular weight excluding hydrogens is 579 g/mol. The first-order valence-corrected chi connectivity index (χ1v) is 13.0. The van der Waals surface area contributed by atoms with Crippen LogP contribution in [0, 0.1) is 0 Å². The standard InChI is InChI=1S/C33H24F3NO7/c34-33(35,36)44-26-16-14-23(15-17-26)28(38)18-27(22-8-6-21(7-9-22)20-4-2-1-3-5-20)30(40)24-10-12-25(13-11-24)31(41)37-19-29(39)32(42)43/h1-18,29,39H,19H2,(H,37,41)(H,42,43)/b27-18-. The van der Waals surface area contributed by atoms with E-state index in [0.29, 0.717) is 5.56 Å². The number of nitrogens with one attached hydrogen (secondary N) is 1. The van der Waals surface area contributed by atoms with E-state index in [1.54, 1.807) is 24.3 Å². The van der Waals surface area contributed by atoms with Crippen LogP contribution in [0.5, 0.6) is 5.75 Å². The molecule has 1 unspecified atom stereocenters. The van der Waals surface area contributed by atoms with Crippen LogP contribution < -0.4 is 10.1 Å². The fourth-order valence-corrected chi connectivity index (χ4v) is 4.10. The summed E-state index contributed by atoms with van der Waals surface area (Å²) in [6.45, 7) is -0.522. The van der Waals surface area contributed by atoms with Crippen LogP contribution >= 0.6 is 0 Å². The third-order valence-corrected chi connectivity index (χ3v) is 6.35. The number of hydrogen-bond acceptors (Lipinski definition) is 6. The van der Waals surface area contributed by atoms with Crippen molar-refractivity contribution in [2.75, 3.05) is 6.54 Å². The van der Waals surface area contributed by atoms with Gasteiger partial charge < -0.3 is 20.3 Å². The Morgan fingerprint density at radius 2 is 1.25 bits per heavy atom. The van der Waals surface area contributed by atoms with Gasteiger partial charge in [-0.2, -0.15) is 0 Å². The third-order valence-electron chi connectivity index (χ3n) is 6.35. The molecule has 8 nitrogen and oxygen atoms in total. The van der Waals surface area contributed by atoms with Gasteiger partial charge in [-0.15, -0.1) is 13.2 Å². The van der Waals surface area contributed by atoms with Crippen molar-refractivity contribution in [2.45, 2.75) is 12.5 Å². The number of hydrogen-bond donors (Lipinski definition) is 3. The third kappa shape index (κ3) is 8.26. The molecule has 0 aliphatic heterocycles. The number of allylic oxidation sites excluding steroid dienone is 2. The molecule has 0 aliphatic carbocycles. The highest BCUT2D eigenvalue weighted by Gasteiger charge is 2.31. The van der Waals surface area contributed by atoms with Gasteiger partial charge in [0.2, 0.25) is 0 Å². The van der Waals surface area contributed by atoms with Gasteiger partial charge in [-0.05, 0) is 59.2 Å². The molecule has 3 N–H and O–H groups in total. The maximum Gasteiger partial charge on any atom is 0.573 e. The number of amides is 1. The zero-order chi connectivity index (χ0) is 31.9. The second-order valence-electron chi connectivity index (χ2n) is 9.41. The predicted molar refractivity (Wildman–Crippen MR) is 154 cm³/mol. The summed E-state index contributed by atoms with van der Waals surface area (Å²) in [4.78, 5) is 49.9. The van der Waals surface area contributed by atoms with Crippen LogP contribution in [0.25, 0.3) is 16.7 Å². The monoisotopic (exact) mass is 603 g/mol. The number of alkyl halides is 3. The minimum absolute atomic E-state index is 0.00740. The lowest BCUT2D eigenvalue weighted by molar-refractivity contribution is -0.274. The Morgan fingerprint density at radius 3 is 1.82 bits per heavy atom. The molecule has 0 bridgehead atoms. The number of carboxylic acid groups (broad SMARTS) is 1. The SMILES string of the molecule is O=C(/C=C(\C(=O)c1ccc(C(=O)NCC(O)C(=O)O)cc1)c1ccc(-c2ccccc2)cc1)c1ccc(OC(F)(F)F)cc1. The first kappa shape index (κ1) is 31.4. The van der Waals surface area contributed by atoms with E-state index < -0.39 is 48.2 Å². The van der Waals surface area contributed by atoms with E-state index in [1.165, 1.54) is 24.3 Å². The van der Waals surface area contributed by atoms with Crippen molar-refractivity contribution in [2.24, 2.45) is 0 Å². The number of aliphatic hydroxyl groups is 1. The molecule has 4 aromatic carbocycles. The quantitative estimate of drug-likeness (QED) is 0.151. The topological polar surface area (TPSA) is 130 Å². The Hall–Kier alpha value is -5.55. The highest BCUT2D eigenvalue weighted by Crippen LogP contribution is 2.27. The lowest BCUT2D eigenvalue weighted by atomic mass is 9.92. The van der Waals surface area contributed by atoms with E-state index in [9.17, 15) is 37.5 Å². The lowest BCUT2D eigenvalue weighted by Crippen LogP contribution is -2.36. The highest BCUT2D eigenvalue weighted by molar-refractivity contribution is 6.32. The van der Waals surface area contributed by atoms with Gasteiger partial charge in [0.15, 0.2) is 17.7 Å².